The van der Waals surface area contributed by atoms with E-state index in [1.165, 1.54) is 18.4 Å². The van der Waals surface area contributed by atoms with E-state index in [0.717, 1.165) is 21.7 Å². The molecule has 0 aliphatic carbocycles. The molecular weight excluding hydrogens is 406 g/mol. The monoisotopic (exact) mass is 423 g/mol. The quantitative estimate of drug-likeness (QED) is 0.656. The lowest BCUT2D eigenvalue weighted by Crippen LogP contribution is -2.43. The van der Waals surface area contributed by atoms with Crippen molar-refractivity contribution in [1.82, 2.24) is 25.3 Å². The topological polar surface area (TPSA) is 144 Å². The van der Waals surface area contributed by atoms with E-state index in [4.69, 9.17) is 4.42 Å². The van der Waals surface area contributed by atoms with Gasteiger partial charge in [-0.1, -0.05) is 23.1 Å². The van der Waals surface area contributed by atoms with Crippen LogP contribution in [-0.2, 0) is 16.0 Å². The Morgan fingerprint density at radius 2 is 2.04 bits per heavy atom. The summed E-state index contributed by atoms with van der Waals surface area (Å²) < 4.78 is 5.50. The van der Waals surface area contributed by atoms with Crippen LogP contribution in [0.4, 0.5) is 9.93 Å². The minimum absolute atomic E-state index is 0.0834. The largest absolute Gasteiger partial charge is 0.416 e. The van der Waals surface area contributed by atoms with E-state index in [-0.39, 0.29) is 22.8 Å². The highest BCUT2D eigenvalue weighted by Crippen LogP contribution is 2.21. The Labute approximate surface area is 168 Å². The summed E-state index contributed by atoms with van der Waals surface area (Å²) >= 11 is 2.39. The number of imide groups is 1. The number of hydrogen-bond donors (Lipinski definition) is 1. The third-order valence-electron chi connectivity index (χ3n) is 3.89. The molecule has 0 radical (unpaired) electrons. The summed E-state index contributed by atoms with van der Waals surface area (Å²) in [7, 11) is 1.41. The number of aromatic nitrogens is 4. The van der Waals surface area contributed by atoms with Gasteiger partial charge in [-0.05, 0) is 20.3 Å². The smallest absolute Gasteiger partial charge is 0.349 e. The molecule has 0 bridgehead atoms. The Balaban J connectivity index is 1.49. The number of hydrogen-bond acceptors (Lipinski definition) is 10. The summed E-state index contributed by atoms with van der Waals surface area (Å²) in [6.45, 7) is 3.45. The van der Waals surface area contributed by atoms with Gasteiger partial charge in [-0.2, -0.15) is 0 Å². The summed E-state index contributed by atoms with van der Waals surface area (Å²) in [4.78, 5) is 40.5. The molecule has 2 aromatic heterocycles. The number of anilines is 1. The van der Waals surface area contributed by atoms with Crippen molar-refractivity contribution in [3.63, 3.8) is 0 Å². The average molecular weight is 423 g/mol. The minimum atomic E-state index is -0.558. The van der Waals surface area contributed by atoms with Gasteiger partial charge in [-0.25, -0.2) is 9.79 Å². The van der Waals surface area contributed by atoms with Gasteiger partial charge < -0.3 is 4.42 Å². The molecule has 1 aliphatic heterocycles. The molecule has 1 atom stereocenters. The van der Waals surface area contributed by atoms with E-state index < -0.39 is 11.9 Å². The van der Waals surface area contributed by atoms with Crippen molar-refractivity contribution in [3.05, 3.63) is 10.9 Å². The van der Waals surface area contributed by atoms with Crippen molar-refractivity contribution in [2.75, 3.05) is 18.1 Å². The summed E-state index contributed by atoms with van der Waals surface area (Å²) in [6.07, 6.45) is 0.754. The molecule has 0 aromatic carbocycles. The van der Waals surface area contributed by atoms with E-state index >= 15 is 0 Å². The molecule has 0 saturated carbocycles. The molecule has 0 fully saturated rings. The molecule has 1 aliphatic rings. The Morgan fingerprint density at radius 1 is 1.25 bits per heavy atom. The molecule has 28 heavy (non-hydrogen) atoms. The maximum absolute atomic E-state index is 12.2. The SMILES string of the molecule is CC1=NC(=O)N(C)C(=O)C1CCc1nnc(SCC(=O)Nc2nnc(C)s2)o1. The van der Waals surface area contributed by atoms with Crippen LogP contribution in [0.5, 0.6) is 0 Å². The van der Waals surface area contributed by atoms with E-state index in [1.807, 2.05) is 0 Å². The maximum Gasteiger partial charge on any atom is 0.349 e. The van der Waals surface area contributed by atoms with Crippen molar-refractivity contribution < 1.29 is 18.8 Å². The molecule has 2 aromatic rings. The fourth-order valence-electron chi connectivity index (χ4n) is 2.44. The zero-order valence-electron chi connectivity index (χ0n) is 15.3. The first-order chi connectivity index (χ1) is 13.3. The van der Waals surface area contributed by atoms with Crippen LogP contribution in [0.1, 0.15) is 24.2 Å². The number of rotatable bonds is 7. The van der Waals surface area contributed by atoms with Crippen molar-refractivity contribution >= 4 is 51.8 Å². The second kappa shape index (κ2) is 8.56. The Morgan fingerprint density at radius 3 is 2.75 bits per heavy atom. The number of carbonyl (C=O) groups is 3. The molecule has 0 spiro atoms. The number of thioether (sulfide) groups is 1. The molecule has 1 N–H and O–H groups in total. The third-order valence-corrected chi connectivity index (χ3v) is 5.46. The number of amides is 4. The zero-order valence-corrected chi connectivity index (χ0v) is 17.0. The van der Waals surface area contributed by atoms with Gasteiger partial charge in [-0.15, -0.1) is 20.4 Å². The molecule has 3 rings (SSSR count). The summed E-state index contributed by atoms with van der Waals surface area (Å²) in [5.41, 5.74) is 0.478. The molecule has 3 heterocycles. The fraction of sp³-hybridized carbons (Fsp3) is 0.467. The number of urea groups is 1. The molecule has 148 valence electrons. The van der Waals surface area contributed by atoms with Gasteiger partial charge in [0.1, 0.15) is 5.01 Å². The van der Waals surface area contributed by atoms with Gasteiger partial charge in [0.2, 0.25) is 22.8 Å². The van der Waals surface area contributed by atoms with E-state index in [2.05, 4.69) is 30.7 Å². The Hall–Kier alpha value is -2.67. The van der Waals surface area contributed by atoms with Crippen LogP contribution in [0.15, 0.2) is 14.6 Å². The minimum Gasteiger partial charge on any atom is -0.416 e. The molecular formula is C15H17N7O4S2. The highest BCUT2D eigenvalue weighted by atomic mass is 32.2. The fourth-order valence-corrected chi connectivity index (χ4v) is 3.63. The van der Waals surface area contributed by atoms with Crippen molar-refractivity contribution in [3.8, 4) is 0 Å². The van der Waals surface area contributed by atoms with Crippen LogP contribution in [0.2, 0.25) is 0 Å². The van der Waals surface area contributed by atoms with Gasteiger partial charge in [0, 0.05) is 19.2 Å². The molecule has 11 nitrogen and oxygen atoms in total. The van der Waals surface area contributed by atoms with Gasteiger partial charge in [-0.3, -0.25) is 19.8 Å². The lowest BCUT2D eigenvalue weighted by molar-refractivity contribution is -0.129. The summed E-state index contributed by atoms with van der Waals surface area (Å²) in [5.74, 6) is -0.613. The highest BCUT2D eigenvalue weighted by molar-refractivity contribution is 7.99. The zero-order chi connectivity index (χ0) is 20.3. The average Bonchev–Trinajstić information content (AvgIpc) is 3.27. The van der Waals surface area contributed by atoms with Crippen LogP contribution >= 0.6 is 23.1 Å². The van der Waals surface area contributed by atoms with Crippen LogP contribution in [0.25, 0.3) is 0 Å². The maximum atomic E-state index is 12.2. The van der Waals surface area contributed by atoms with Crippen molar-refractivity contribution in [2.24, 2.45) is 10.9 Å². The standard InChI is InChI=1S/C15H17N7O4S2/c1-7-9(12(24)22(3)14(25)16-7)4-5-11-19-21-15(26-11)27-6-10(23)17-13-20-18-8(2)28-13/h9H,4-6H2,1-3H3,(H,17,20,23). The van der Waals surface area contributed by atoms with Gasteiger partial charge in [0.25, 0.3) is 5.22 Å². The van der Waals surface area contributed by atoms with Gasteiger partial charge >= 0.3 is 6.03 Å². The summed E-state index contributed by atoms with van der Waals surface area (Å²) in [5, 5.41) is 19.6. The first-order valence-corrected chi connectivity index (χ1v) is 10.1. The van der Waals surface area contributed by atoms with Crippen molar-refractivity contribution in [1.29, 1.82) is 0 Å². The first-order valence-electron chi connectivity index (χ1n) is 8.25. The van der Waals surface area contributed by atoms with E-state index in [9.17, 15) is 14.4 Å². The number of nitrogens with zero attached hydrogens (tertiary/aromatic N) is 6. The Bertz CT molecular complexity index is 938. The molecule has 1 unspecified atom stereocenters. The number of nitrogens with one attached hydrogen (secondary N) is 1. The number of carbonyl (C=O) groups excluding carboxylic acids is 3. The molecule has 0 saturated heterocycles. The predicted molar refractivity (Wildman–Crippen MR) is 101 cm³/mol. The predicted octanol–water partition coefficient (Wildman–Crippen LogP) is 1.56. The second-order valence-electron chi connectivity index (χ2n) is 5.95. The van der Waals surface area contributed by atoms with Crippen LogP contribution < -0.4 is 5.32 Å². The number of aliphatic imine (C=N–C) groups is 1. The van der Waals surface area contributed by atoms with Crippen molar-refractivity contribution in [2.45, 2.75) is 31.9 Å². The summed E-state index contributed by atoms with van der Waals surface area (Å²) in [6, 6.07) is -0.558. The Kier molecular flexibility index (Phi) is 6.14. The van der Waals surface area contributed by atoms with E-state index in [1.54, 1.807) is 13.8 Å². The third kappa shape index (κ3) is 4.78. The molecule has 13 heteroatoms. The van der Waals surface area contributed by atoms with Gasteiger partial charge in [0.05, 0.1) is 11.7 Å². The van der Waals surface area contributed by atoms with E-state index in [0.29, 0.717) is 29.6 Å². The van der Waals surface area contributed by atoms with Gasteiger partial charge in [0.15, 0.2) is 0 Å². The van der Waals surface area contributed by atoms with Crippen LogP contribution in [0.3, 0.4) is 0 Å². The number of aryl methyl sites for hydroxylation is 2. The molecule has 4 amide bonds. The normalized spacial score (nSPS) is 17.0. The second-order valence-corrected chi connectivity index (χ2v) is 8.06. The highest BCUT2D eigenvalue weighted by Gasteiger charge is 2.33. The lowest BCUT2D eigenvalue weighted by atomic mass is 9.95. The van der Waals surface area contributed by atoms with Crippen LogP contribution in [-0.4, -0.2) is 61.7 Å². The lowest BCUT2D eigenvalue weighted by Gasteiger charge is -2.25. The first kappa shape index (κ1) is 20.1. The van der Waals surface area contributed by atoms with Crippen LogP contribution in [0, 0.1) is 12.8 Å².